The number of hydrogen-bond acceptors (Lipinski definition) is 7. The van der Waals surface area contributed by atoms with Crippen LogP contribution >= 0.6 is 0 Å². The molecule has 2 fully saturated rings. The average Bonchev–Trinajstić information content (AvgIpc) is 3.27. The third kappa shape index (κ3) is 3.73. The standard InChI is InChI=1S/C23H26N6O2/c1-13-3-4-25-9-15(13)19-7-14-8-20(26-10-16(14)22(24)27-19)28-23(30)21-17-11-29(5-6-31-2)12-18(17)21/h3-4,7-10,17-18,21H,5-6,11-12H2,1-2H3,(H2,24,27)(H,26,28,30)/t17-,18+,21?. The Morgan fingerprint density at radius 2 is 2.10 bits per heavy atom. The van der Waals surface area contributed by atoms with Crippen LogP contribution in [0.15, 0.2) is 36.8 Å². The Labute approximate surface area is 180 Å². The number of nitrogens with two attached hydrogens (primary N) is 1. The van der Waals surface area contributed by atoms with Crippen LogP contribution in [-0.4, -0.2) is 59.1 Å². The molecule has 3 atom stereocenters. The van der Waals surface area contributed by atoms with E-state index in [-0.39, 0.29) is 11.8 Å². The number of nitrogen functional groups attached to an aromatic ring is 1. The van der Waals surface area contributed by atoms with Crippen LogP contribution in [0.2, 0.25) is 0 Å². The molecule has 0 spiro atoms. The van der Waals surface area contributed by atoms with Crippen LogP contribution in [0.5, 0.6) is 0 Å². The lowest BCUT2D eigenvalue weighted by molar-refractivity contribution is -0.118. The van der Waals surface area contributed by atoms with Gasteiger partial charge in [0, 0.05) is 62.2 Å². The Kier molecular flexibility index (Phi) is 5.03. The highest BCUT2D eigenvalue weighted by Crippen LogP contribution is 2.52. The van der Waals surface area contributed by atoms with E-state index < -0.39 is 0 Å². The smallest absolute Gasteiger partial charge is 0.229 e. The summed E-state index contributed by atoms with van der Waals surface area (Å²) in [5, 5.41) is 4.66. The fraction of sp³-hybridized carbons (Fsp3) is 0.391. The van der Waals surface area contributed by atoms with Crippen LogP contribution < -0.4 is 11.1 Å². The molecule has 1 amide bonds. The summed E-state index contributed by atoms with van der Waals surface area (Å²) in [6.07, 6.45) is 5.22. The van der Waals surface area contributed by atoms with Gasteiger partial charge in [0.15, 0.2) is 0 Å². The zero-order valence-corrected chi connectivity index (χ0v) is 17.7. The van der Waals surface area contributed by atoms with Gasteiger partial charge in [-0.15, -0.1) is 0 Å². The topological polar surface area (TPSA) is 106 Å². The normalized spacial score (nSPS) is 22.5. The molecule has 1 saturated heterocycles. The number of amides is 1. The van der Waals surface area contributed by atoms with Crippen molar-refractivity contribution in [1.82, 2.24) is 19.9 Å². The summed E-state index contributed by atoms with van der Waals surface area (Å²) in [7, 11) is 1.72. The van der Waals surface area contributed by atoms with E-state index in [1.165, 1.54) is 0 Å². The summed E-state index contributed by atoms with van der Waals surface area (Å²) >= 11 is 0. The predicted octanol–water partition coefficient (Wildman–Crippen LogP) is 2.35. The first-order valence-corrected chi connectivity index (χ1v) is 10.5. The maximum atomic E-state index is 12.8. The summed E-state index contributed by atoms with van der Waals surface area (Å²) in [4.78, 5) is 28.3. The first-order chi connectivity index (χ1) is 15.0. The lowest BCUT2D eigenvalue weighted by Crippen LogP contribution is -2.30. The van der Waals surface area contributed by atoms with Crippen LogP contribution in [0.3, 0.4) is 0 Å². The molecule has 160 valence electrons. The number of methoxy groups -OCH3 is 1. The van der Waals surface area contributed by atoms with E-state index in [9.17, 15) is 4.79 Å². The summed E-state index contributed by atoms with van der Waals surface area (Å²) in [5.41, 5.74) is 8.95. The van der Waals surface area contributed by atoms with E-state index in [4.69, 9.17) is 10.5 Å². The molecule has 0 radical (unpaired) electrons. The van der Waals surface area contributed by atoms with Gasteiger partial charge in [-0.05, 0) is 47.9 Å². The van der Waals surface area contributed by atoms with Crippen molar-refractivity contribution in [1.29, 1.82) is 0 Å². The lowest BCUT2D eigenvalue weighted by Gasteiger charge is -2.18. The first-order valence-electron chi connectivity index (χ1n) is 10.5. The van der Waals surface area contributed by atoms with Gasteiger partial charge in [0.25, 0.3) is 0 Å². The van der Waals surface area contributed by atoms with Crippen LogP contribution in [0.25, 0.3) is 22.0 Å². The highest BCUT2D eigenvalue weighted by Gasteiger charge is 2.59. The number of carbonyl (C=O) groups excluding carboxylic acids is 1. The van der Waals surface area contributed by atoms with Crippen molar-refractivity contribution in [3.8, 4) is 11.3 Å². The number of pyridine rings is 3. The summed E-state index contributed by atoms with van der Waals surface area (Å²) in [5.74, 6) is 1.97. The van der Waals surface area contributed by atoms with Gasteiger partial charge in [-0.3, -0.25) is 9.78 Å². The number of hydrogen-bond donors (Lipinski definition) is 2. The van der Waals surface area contributed by atoms with Crippen molar-refractivity contribution < 1.29 is 9.53 Å². The molecule has 4 heterocycles. The molecule has 1 aliphatic heterocycles. The van der Waals surface area contributed by atoms with Crippen molar-refractivity contribution in [2.24, 2.45) is 17.8 Å². The van der Waals surface area contributed by atoms with Crippen molar-refractivity contribution in [2.75, 3.05) is 44.4 Å². The van der Waals surface area contributed by atoms with Crippen LogP contribution in [0.4, 0.5) is 11.6 Å². The van der Waals surface area contributed by atoms with Gasteiger partial charge in [-0.2, -0.15) is 0 Å². The van der Waals surface area contributed by atoms with Gasteiger partial charge in [0.2, 0.25) is 5.91 Å². The number of nitrogens with one attached hydrogen (secondary N) is 1. The first kappa shape index (κ1) is 19.8. The largest absolute Gasteiger partial charge is 0.383 e. The van der Waals surface area contributed by atoms with Gasteiger partial charge in [0.1, 0.15) is 11.6 Å². The Morgan fingerprint density at radius 1 is 1.29 bits per heavy atom. The minimum Gasteiger partial charge on any atom is -0.383 e. The van der Waals surface area contributed by atoms with Crippen molar-refractivity contribution >= 4 is 28.3 Å². The molecule has 8 nitrogen and oxygen atoms in total. The van der Waals surface area contributed by atoms with E-state index in [1.807, 2.05) is 25.1 Å². The van der Waals surface area contributed by atoms with Gasteiger partial charge < -0.3 is 20.7 Å². The average molecular weight is 419 g/mol. The van der Waals surface area contributed by atoms with Gasteiger partial charge in [-0.25, -0.2) is 9.97 Å². The molecule has 0 bridgehead atoms. The fourth-order valence-electron chi connectivity index (χ4n) is 4.73. The number of ether oxygens (including phenoxy) is 1. The molecular formula is C23H26N6O2. The SMILES string of the molecule is COCCN1C[C@@H]2C(C(=O)Nc3cc4cc(-c5cnccc5C)nc(N)c4cn3)[C@@H]2C1. The highest BCUT2D eigenvalue weighted by atomic mass is 16.5. The number of aryl methyl sites for hydroxylation is 1. The molecule has 3 aromatic rings. The number of fused-ring (bicyclic) bond motifs is 2. The van der Waals surface area contributed by atoms with Crippen molar-refractivity contribution in [3.05, 3.63) is 42.4 Å². The second kappa shape index (κ2) is 7.86. The van der Waals surface area contributed by atoms with E-state index >= 15 is 0 Å². The van der Waals surface area contributed by atoms with Gasteiger partial charge in [0.05, 0.1) is 12.3 Å². The molecule has 2 aliphatic rings. The number of carbonyl (C=O) groups is 1. The summed E-state index contributed by atoms with van der Waals surface area (Å²) in [6, 6.07) is 5.77. The van der Waals surface area contributed by atoms with Gasteiger partial charge >= 0.3 is 0 Å². The number of aromatic nitrogens is 3. The predicted molar refractivity (Wildman–Crippen MR) is 119 cm³/mol. The third-order valence-electron chi connectivity index (χ3n) is 6.50. The number of piperidine rings is 1. The zero-order valence-electron chi connectivity index (χ0n) is 17.7. The van der Waals surface area contributed by atoms with E-state index in [0.29, 0.717) is 23.5 Å². The molecule has 0 aromatic carbocycles. The fourth-order valence-corrected chi connectivity index (χ4v) is 4.73. The minimum absolute atomic E-state index is 0.0543. The maximum Gasteiger partial charge on any atom is 0.229 e. The molecule has 1 saturated carbocycles. The van der Waals surface area contributed by atoms with Crippen molar-refractivity contribution in [2.45, 2.75) is 6.92 Å². The number of anilines is 2. The van der Waals surface area contributed by atoms with Crippen LogP contribution in [0.1, 0.15) is 5.56 Å². The molecule has 31 heavy (non-hydrogen) atoms. The third-order valence-corrected chi connectivity index (χ3v) is 6.50. The second-order valence-electron chi connectivity index (χ2n) is 8.47. The van der Waals surface area contributed by atoms with Crippen LogP contribution in [0, 0.1) is 24.7 Å². The van der Waals surface area contributed by atoms with Gasteiger partial charge in [-0.1, -0.05) is 0 Å². The number of likely N-dealkylation sites (tertiary alicyclic amines) is 1. The van der Waals surface area contributed by atoms with E-state index in [0.717, 1.165) is 53.8 Å². The van der Waals surface area contributed by atoms with Crippen LogP contribution in [-0.2, 0) is 9.53 Å². The minimum atomic E-state index is 0.0543. The van der Waals surface area contributed by atoms with Crippen molar-refractivity contribution in [3.63, 3.8) is 0 Å². The Morgan fingerprint density at radius 3 is 2.84 bits per heavy atom. The monoisotopic (exact) mass is 418 g/mol. The number of nitrogens with zero attached hydrogens (tertiary/aromatic N) is 4. The molecule has 1 unspecified atom stereocenters. The highest BCUT2D eigenvalue weighted by molar-refractivity contribution is 5.98. The quantitative estimate of drug-likeness (QED) is 0.633. The zero-order chi connectivity index (χ0) is 21.5. The summed E-state index contributed by atoms with van der Waals surface area (Å²) in [6.45, 7) is 5.61. The second-order valence-corrected chi connectivity index (χ2v) is 8.47. The summed E-state index contributed by atoms with van der Waals surface area (Å²) < 4.78 is 5.15. The maximum absolute atomic E-state index is 12.8. The number of rotatable bonds is 6. The lowest BCUT2D eigenvalue weighted by atomic mass is 10.1. The molecule has 5 rings (SSSR count). The molecule has 1 aliphatic carbocycles. The Balaban J connectivity index is 1.32. The van der Waals surface area contributed by atoms with E-state index in [2.05, 4.69) is 25.2 Å². The van der Waals surface area contributed by atoms with E-state index in [1.54, 1.807) is 25.7 Å². The molecular weight excluding hydrogens is 392 g/mol. The Hall–Kier alpha value is -3.10. The molecule has 3 N–H and O–H groups in total. The molecule has 3 aromatic heterocycles. The Bertz CT molecular complexity index is 1140. The molecule has 8 heteroatoms.